The maximum atomic E-state index is 2.51. The summed E-state index contributed by atoms with van der Waals surface area (Å²) in [6.07, 6.45) is 1.85. The average molecular weight is 819 g/mol. The molecule has 1 aliphatic carbocycles. The van der Waals surface area contributed by atoms with Gasteiger partial charge in [-0.05, 0) is 150 Å². The summed E-state index contributed by atoms with van der Waals surface area (Å²) in [5.74, 6) is 0. The van der Waals surface area contributed by atoms with Gasteiger partial charge in [-0.15, -0.1) is 0 Å². The van der Waals surface area contributed by atoms with Gasteiger partial charge in [-0.1, -0.05) is 165 Å². The van der Waals surface area contributed by atoms with Gasteiger partial charge in [-0.2, -0.15) is 0 Å². The second-order valence-electron chi connectivity index (χ2n) is 18.5. The van der Waals surface area contributed by atoms with Crippen LogP contribution in [0.2, 0.25) is 0 Å². The number of rotatable bonds is 4. The summed E-state index contributed by atoms with van der Waals surface area (Å²) in [5.41, 5.74) is 24.2. The SMILES string of the molecule is Cc1cccc(-c2c3ccc(N4c5ccccc5Cc5ccccc54)cc3c(-c3ccc4c(c3)C(C)(C)c3ccccc3-4)c3ccc(N4c5ccccc5Cc5ccccc54)cc23)c1. The molecule has 304 valence electrons. The van der Waals surface area contributed by atoms with Crippen LogP contribution in [0.5, 0.6) is 0 Å². The highest BCUT2D eigenvalue weighted by Crippen LogP contribution is 2.54. The topological polar surface area (TPSA) is 6.48 Å². The van der Waals surface area contributed by atoms with Crippen molar-refractivity contribution < 1.29 is 0 Å². The predicted octanol–water partition coefficient (Wildman–Crippen LogP) is 16.7. The molecule has 3 aliphatic rings. The fourth-order valence-corrected chi connectivity index (χ4v) is 11.5. The molecule has 0 radical (unpaired) electrons. The molecule has 10 aromatic carbocycles. The molecule has 0 amide bonds. The normalized spacial score (nSPS) is 14.1. The van der Waals surface area contributed by atoms with Gasteiger partial charge in [0.2, 0.25) is 0 Å². The number of aryl methyl sites for hydroxylation is 1. The molecule has 2 nitrogen and oxygen atoms in total. The van der Waals surface area contributed by atoms with Crippen molar-refractivity contribution in [1.29, 1.82) is 0 Å². The first kappa shape index (κ1) is 36.9. The third-order valence-electron chi connectivity index (χ3n) is 14.5. The Balaban J connectivity index is 1.14. The van der Waals surface area contributed by atoms with Crippen molar-refractivity contribution >= 4 is 55.7 Å². The van der Waals surface area contributed by atoms with E-state index in [4.69, 9.17) is 0 Å². The Bertz CT molecular complexity index is 3480. The summed E-state index contributed by atoms with van der Waals surface area (Å²) in [4.78, 5) is 4.98. The minimum absolute atomic E-state index is 0.135. The first-order valence-corrected chi connectivity index (χ1v) is 22.7. The van der Waals surface area contributed by atoms with E-state index in [9.17, 15) is 0 Å². The van der Waals surface area contributed by atoms with Gasteiger partial charge in [0.25, 0.3) is 0 Å². The average Bonchev–Trinajstić information content (AvgIpc) is 3.56. The van der Waals surface area contributed by atoms with Crippen LogP contribution in [-0.2, 0) is 18.3 Å². The minimum Gasteiger partial charge on any atom is -0.310 e. The molecule has 10 aromatic rings. The molecule has 0 bridgehead atoms. The van der Waals surface area contributed by atoms with Crippen LogP contribution in [0.4, 0.5) is 34.1 Å². The first-order valence-electron chi connectivity index (χ1n) is 22.7. The van der Waals surface area contributed by atoms with E-state index in [1.165, 1.54) is 117 Å². The number of anilines is 6. The summed E-state index contributed by atoms with van der Waals surface area (Å²) in [6.45, 7) is 6.99. The molecule has 0 spiro atoms. The summed E-state index contributed by atoms with van der Waals surface area (Å²) in [7, 11) is 0. The van der Waals surface area contributed by atoms with E-state index in [0.29, 0.717) is 0 Å². The number of para-hydroxylation sites is 4. The van der Waals surface area contributed by atoms with Crippen LogP contribution >= 0.6 is 0 Å². The Hall–Kier alpha value is -7.68. The lowest BCUT2D eigenvalue weighted by Crippen LogP contribution is -2.18. The summed E-state index contributed by atoms with van der Waals surface area (Å²) >= 11 is 0. The third kappa shape index (κ3) is 5.45. The summed E-state index contributed by atoms with van der Waals surface area (Å²) < 4.78 is 0. The first-order chi connectivity index (χ1) is 31.4. The van der Waals surface area contributed by atoms with Gasteiger partial charge in [-0.3, -0.25) is 0 Å². The number of hydrogen-bond acceptors (Lipinski definition) is 2. The van der Waals surface area contributed by atoms with Gasteiger partial charge < -0.3 is 9.80 Å². The van der Waals surface area contributed by atoms with Crippen molar-refractivity contribution in [2.24, 2.45) is 0 Å². The fraction of sp³-hybridized carbons (Fsp3) is 0.0968. The van der Waals surface area contributed by atoms with Crippen LogP contribution in [0.3, 0.4) is 0 Å². The molecule has 13 rings (SSSR count). The van der Waals surface area contributed by atoms with Crippen molar-refractivity contribution in [3.63, 3.8) is 0 Å². The Labute approximate surface area is 375 Å². The third-order valence-corrected chi connectivity index (χ3v) is 14.5. The number of benzene rings is 10. The van der Waals surface area contributed by atoms with E-state index < -0.39 is 0 Å². The van der Waals surface area contributed by atoms with E-state index in [-0.39, 0.29) is 5.41 Å². The lowest BCUT2D eigenvalue weighted by Gasteiger charge is -2.34. The quantitative estimate of drug-likeness (QED) is 0.163. The second-order valence-corrected chi connectivity index (χ2v) is 18.5. The summed E-state index contributed by atoms with van der Waals surface area (Å²) in [5, 5.41) is 4.98. The van der Waals surface area contributed by atoms with Gasteiger partial charge >= 0.3 is 0 Å². The van der Waals surface area contributed by atoms with E-state index >= 15 is 0 Å². The van der Waals surface area contributed by atoms with Crippen LogP contribution < -0.4 is 9.80 Å². The lowest BCUT2D eigenvalue weighted by molar-refractivity contribution is 0.660. The van der Waals surface area contributed by atoms with Crippen LogP contribution in [0.15, 0.2) is 200 Å². The molecular weight excluding hydrogens is 773 g/mol. The Morgan fingerprint density at radius 2 is 0.812 bits per heavy atom. The molecule has 2 aliphatic heterocycles. The number of hydrogen-bond donors (Lipinski definition) is 0. The zero-order valence-electron chi connectivity index (χ0n) is 36.4. The Morgan fingerprint density at radius 1 is 0.359 bits per heavy atom. The van der Waals surface area contributed by atoms with Gasteiger partial charge in [0.15, 0.2) is 0 Å². The van der Waals surface area contributed by atoms with Crippen LogP contribution in [0.25, 0.3) is 54.9 Å². The van der Waals surface area contributed by atoms with Crippen LogP contribution in [0.1, 0.15) is 52.8 Å². The maximum Gasteiger partial charge on any atom is 0.0497 e. The molecule has 0 saturated carbocycles. The monoisotopic (exact) mass is 818 g/mol. The fourth-order valence-electron chi connectivity index (χ4n) is 11.5. The van der Waals surface area contributed by atoms with Crippen LogP contribution in [-0.4, -0.2) is 0 Å². The van der Waals surface area contributed by atoms with E-state index in [1.54, 1.807) is 0 Å². The molecule has 0 fully saturated rings. The lowest BCUT2D eigenvalue weighted by atomic mass is 9.80. The molecule has 0 unspecified atom stereocenters. The van der Waals surface area contributed by atoms with Crippen molar-refractivity contribution in [3.8, 4) is 33.4 Å². The van der Waals surface area contributed by atoms with Crippen LogP contribution in [0, 0.1) is 6.92 Å². The van der Waals surface area contributed by atoms with Crippen molar-refractivity contribution in [1.82, 2.24) is 0 Å². The molecule has 0 aromatic heterocycles. The molecular formula is C62H46N2. The van der Waals surface area contributed by atoms with E-state index in [2.05, 4.69) is 231 Å². The summed E-state index contributed by atoms with van der Waals surface area (Å²) in [6, 6.07) is 75.6. The molecule has 0 N–H and O–H groups in total. The van der Waals surface area contributed by atoms with E-state index in [0.717, 1.165) is 24.2 Å². The van der Waals surface area contributed by atoms with Crippen molar-refractivity contribution in [2.45, 2.75) is 39.0 Å². The Kier molecular flexibility index (Phi) is 8.03. The largest absolute Gasteiger partial charge is 0.310 e. The molecule has 64 heavy (non-hydrogen) atoms. The van der Waals surface area contributed by atoms with Gasteiger partial charge in [-0.25, -0.2) is 0 Å². The number of fused-ring (bicyclic) bond motifs is 9. The van der Waals surface area contributed by atoms with E-state index in [1.807, 2.05) is 0 Å². The van der Waals surface area contributed by atoms with Gasteiger partial charge in [0, 0.05) is 52.4 Å². The van der Waals surface area contributed by atoms with Crippen molar-refractivity contribution in [3.05, 3.63) is 239 Å². The van der Waals surface area contributed by atoms with Gasteiger partial charge in [0.1, 0.15) is 0 Å². The highest BCUT2D eigenvalue weighted by molar-refractivity contribution is 6.23. The Morgan fingerprint density at radius 3 is 1.33 bits per heavy atom. The molecule has 0 saturated heterocycles. The highest BCUT2D eigenvalue weighted by atomic mass is 15.2. The van der Waals surface area contributed by atoms with Crippen molar-refractivity contribution in [2.75, 3.05) is 9.80 Å². The maximum absolute atomic E-state index is 2.51. The predicted molar refractivity (Wildman–Crippen MR) is 270 cm³/mol. The standard InChI is InChI=1S/C62H46N2/c1-39-15-14-20-44(33-39)60-50-31-28-47(64-58-25-12-6-18-42(58)35-43-19-7-13-26-59(43)64)38-53(50)61(45-27-30-49-48-21-8-9-22-54(48)62(2,3)55(49)36-45)51-32-29-46(37-52(51)60)63-56-23-10-4-16-40(56)34-41-17-5-11-24-57(41)63/h4-33,36-38H,34-35H2,1-3H3. The zero-order chi connectivity index (χ0) is 42.7. The second kappa shape index (κ2) is 13.9. The molecule has 0 atom stereocenters. The minimum atomic E-state index is -0.135. The smallest absolute Gasteiger partial charge is 0.0497 e. The number of nitrogens with zero attached hydrogens (tertiary/aromatic N) is 2. The molecule has 2 heterocycles. The van der Waals surface area contributed by atoms with Gasteiger partial charge in [0.05, 0.1) is 0 Å². The molecule has 2 heteroatoms. The highest BCUT2D eigenvalue weighted by Gasteiger charge is 2.36. The zero-order valence-corrected chi connectivity index (χ0v) is 36.4.